The first kappa shape index (κ1) is 19.1. The molecular weight excluding hydrogens is 455 g/mol. The summed E-state index contributed by atoms with van der Waals surface area (Å²) in [5.41, 5.74) is -1.20. The van der Waals surface area contributed by atoms with Gasteiger partial charge in [-0.05, 0) is 17.7 Å². The second kappa shape index (κ2) is 6.98. The van der Waals surface area contributed by atoms with Crippen molar-refractivity contribution in [1.82, 2.24) is 4.98 Å². The summed E-state index contributed by atoms with van der Waals surface area (Å²) in [6, 6.07) is 15.8. The molecule has 144 valence electrons. The Morgan fingerprint density at radius 3 is 2.36 bits per heavy atom. The summed E-state index contributed by atoms with van der Waals surface area (Å²) in [4.78, 5) is 4.28. The molecule has 1 aliphatic heterocycles. The summed E-state index contributed by atoms with van der Waals surface area (Å²) >= 11 is 4.29. The lowest BCUT2D eigenvalue weighted by Crippen LogP contribution is -2.55. The number of thiazole rings is 1. The number of alkyl halides is 3. The molecule has 1 unspecified atom stereocenters. The van der Waals surface area contributed by atoms with Gasteiger partial charge < -0.3 is 5.11 Å². The van der Waals surface area contributed by atoms with Crippen LogP contribution in [0.2, 0.25) is 0 Å². The van der Waals surface area contributed by atoms with Crippen LogP contribution in [0.5, 0.6) is 0 Å². The van der Waals surface area contributed by atoms with Gasteiger partial charge in [0.1, 0.15) is 0 Å². The van der Waals surface area contributed by atoms with Crippen LogP contribution >= 0.6 is 27.3 Å². The molecule has 0 amide bonds. The number of benzene rings is 2. The van der Waals surface area contributed by atoms with E-state index in [2.05, 4.69) is 26.0 Å². The third kappa shape index (κ3) is 3.34. The lowest BCUT2D eigenvalue weighted by molar-refractivity contribution is -0.254. The summed E-state index contributed by atoms with van der Waals surface area (Å²) in [6.45, 7) is 0. The van der Waals surface area contributed by atoms with Gasteiger partial charge in [0.2, 0.25) is 5.13 Å². The van der Waals surface area contributed by atoms with Crippen LogP contribution in [0, 0.1) is 0 Å². The molecule has 0 radical (unpaired) electrons. The Hall–Kier alpha value is -2.23. The van der Waals surface area contributed by atoms with Crippen LogP contribution in [-0.2, 0) is 0 Å². The van der Waals surface area contributed by atoms with Gasteiger partial charge in [-0.1, -0.05) is 58.4 Å². The van der Waals surface area contributed by atoms with E-state index in [9.17, 15) is 18.3 Å². The molecule has 3 aromatic rings. The molecule has 0 aliphatic carbocycles. The van der Waals surface area contributed by atoms with Crippen LogP contribution in [0.15, 0.2) is 69.6 Å². The monoisotopic (exact) mass is 467 g/mol. The standard InChI is InChI=1S/C19H13BrF3N3OS/c20-14-8-6-13(7-9-14)15-10-18(27,19(21,22)23)26(25-15)17-24-16(11-28-17)12-4-2-1-3-5-12/h1-9,11,27H,10H2. The van der Waals surface area contributed by atoms with Crippen molar-refractivity contribution in [2.45, 2.75) is 18.3 Å². The molecule has 4 rings (SSSR count). The number of aliphatic hydroxyl groups is 1. The lowest BCUT2D eigenvalue weighted by atomic mass is 10.0. The van der Waals surface area contributed by atoms with Crippen molar-refractivity contribution in [3.05, 3.63) is 70.0 Å². The van der Waals surface area contributed by atoms with Crippen molar-refractivity contribution >= 4 is 38.1 Å². The van der Waals surface area contributed by atoms with Gasteiger partial charge in [-0.2, -0.15) is 23.3 Å². The highest BCUT2D eigenvalue weighted by atomic mass is 79.9. The van der Waals surface area contributed by atoms with Crippen molar-refractivity contribution in [3.63, 3.8) is 0 Å². The highest BCUT2D eigenvalue weighted by Crippen LogP contribution is 2.45. The lowest BCUT2D eigenvalue weighted by Gasteiger charge is -2.32. The van der Waals surface area contributed by atoms with Crippen LogP contribution in [0.4, 0.5) is 18.3 Å². The molecule has 2 heterocycles. The molecule has 28 heavy (non-hydrogen) atoms. The molecule has 0 saturated heterocycles. The zero-order chi connectivity index (χ0) is 19.9. The fourth-order valence-corrected chi connectivity index (χ4v) is 3.99. The maximum absolute atomic E-state index is 13.8. The smallest absolute Gasteiger partial charge is 0.362 e. The van der Waals surface area contributed by atoms with Gasteiger partial charge in [0, 0.05) is 15.4 Å². The highest BCUT2D eigenvalue weighted by Gasteiger charge is 2.62. The predicted octanol–water partition coefficient (Wildman–Crippen LogP) is 5.44. The van der Waals surface area contributed by atoms with Crippen molar-refractivity contribution in [2.24, 2.45) is 5.10 Å². The molecule has 1 aromatic heterocycles. The first-order valence-electron chi connectivity index (χ1n) is 8.22. The van der Waals surface area contributed by atoms with E-state index in [-0.39, 0.29) is 10.8 Å². The van der Waals surface area contributed by atoms with Gasteiger partial charge in [-0.3, -0.25) is 0 Å². The fourth-order valence-electron chi connectivity index (χ4n) is 2.87. The van der Waals surface area contributed by atoms with E-state index in [1.807, 2.05) is 30.3 Å². The van der Waals surface area contributed by atoms with Crippen LogP contribution in [0.1, 0.15) is 12.0 Å². The topological polar surface area (TPSA) is 48.7 Å². The van der Waals surface area contributed by atoms with E-state index < -0.39 is 18.3 Å². The quantitative estimate of drug-likeness (QED) is 0.557. The SMILES string of the molecule is OC1(C(F)(F)F)CC(c2ccc(Br)cc2)=NN1c1nc(-c2ccccc2)cs1. The highest BCUT2D eigenvalue weighted by molar-refractivity contribution is 9.10. The Kier molecular flexibility index (Phi) is 4.76. The van der Waals surface area contributed by atoms with Crippen molar-refractivity contribution in [3.8, 4) is 11.3 Å². The average molecular weight is 468 g/mol. The largest absolute Gasteiger partial charge is 0.438 e. The number of hydrogen-bond acceptors (Lipinski definition) is 5. The molecule has 4 nitrogen and oxygen atoms in total. The minimum Gasteiger partial charge on any atom is -0.362 e. The van der Waals surface area contributed by atoms with Gasteiger partial charge in [-0.15, -0.1) is 11.3 Å². The van der Waals surface area contributed by atoms with Crippen LogP contribution in [0.25, 0.3) is 11.3 Å². The second-order valence-electron chi connectivity index (χ2n) is 6.24. The van der Waals surface area contributed by atoms with E-state index in [4.69, 9.17) is 0 Å². The summed E-state index contributed by atoms with van der Waals surface area (Å²) < 4.78 is 42.1. The van der Waals surface area contributed by atoms with Gasteiger partial charge in [-0.25, -0.2) is 4.98 Å². The molecular formula is C19H13BrF3N3OS. The van der Waals surface area contributed by atoms with Crippen molar-refractivity contribution in [1.29, 1.82) is 0 Å². The second-order valence-corrected chi connectivity index (χ2v) is 7.99. The molecule has 1 N–H and O–H groups in total. The first-order valence-corrected chi connectivity index (χ1v) is 9.89. The van der Waals surface area contributed by atoms with Gasteiger partial charge in [0.25, 0.3) is 5.72 Å². The average Bonchev–Trinajstić information content (AvgIpc) is 3.28. The Morgan fingerprint density at radius 2 is 1.71 bits per heavy atom. The molecule has 0 spiro atoms. The number of hydrazone groups is 1. The zero-order valence-electron chi connectivity index (χ0n) is 14.2. The summed E-state index contributed by atoms with van der Waals surface area (Å²) in [5, 5.41) is 16.9. The van der Waals surface area contributed by atoms with E-state index >= 15 is 0 Å². The van der Waals surface area contributed by atoms with Crippen molar-refractivity contribution < 1.29 is 18.3 Å². The number of nitrogens with zero attached hydrogens (tertiary/aromatic N) is 3. The molecule has 1 aliphatic rings. The molecule has 2 aromatic carbocycles. The summed E-state index contributed by atoms with van der Waals surface area (Å²) in [5.74, 6) is 0. The van der Waals surface area contributed by atoms with Crippen molar-refractivity contribution in [2.75, 3.05) is 5.01 Å². The Labute approximate surface area is 171 Å². The number of rotatable bonds is 3. The third-order valence-corrected chi connectivity index (χ3v) is 5.70. The number of halogens is 4. The Balaban J connectivity index is 1.75. The minimum atomic E-state index is -4.91. The number of anilines is 1. The van der Waals surface area contributed by atoms with E-state index in [0.717, 1.165) is 21.4 Å². The van der Waals surface area contributed by atoms with E-state index in [1.165, 1.54) is 0 Å². The predicted molar refractivity (Wildman–Crippen MR) is 106 cm³/mol. The summed E-state index contributed by atoms with van der Waals surface area (Å²) in [7, 11) is 0. The fraction of sp³-hybridized carbons (Fsp3) is 0.158. The molecule has 9 heteroatoms. The van der Waals surface area contributed by atoms with E-state index in [0.29, 0.717) is 16.3 Å². The molecule has 0 bridgehead atoms. The Bertz CT molecular complexity index is 1020. The summed E-state index contributed by atoms with van der Waals surface area (Å²) in [6.07, 6.45) is -5.59. The first-order chi connectivity index (χ1) is 13.3. The van der Waals surface area contributed by atoms with Crippen LogP contribution in [-0.4, -0.2) is 27.7 Å². The van der Waals surface area contributed by atoms with Gasteiger partial charge in [0.05, 0.1) is 17.8 Å². The van der Waals surface area contributed by atoms with Crippen LogP contribution in [0.3, 0.4) is 0 Å². The third-order valence-electron chi connectivity index (χ3n) is 4.36. The zero-order valence-corrected chi connectivity index (χ0v) is 16.6. The number of hydrogen-bond donors (Lipinski definition) is 1. The molecule has 1 atom stereocenters. The number of aromatic nitrogens is 1. The van der Waals surface area contributed by atoms with Crippen LogP contribution < -0.4 is 5.01 Å². The maximum atomic E-state index is 13.8. The van der Waals surface area contributed by atoms with Gasteiger partial charge >= 0.3 is 6.18 Å². The Morgan fingerprint density at radius 1 is 1.04 bits per heavy atom. The molecule has 0 fully saturated rings. The molecule has 0 saturated carbocycles. The van der Waals surface area contributed by atoms with E-state index in [1.54, 1.807) is 29.6 Å². The normalized spacial score (nSPS) is 19.8. The minimum absolute atomic E-state index is 0.0224. The van der Waals surface area contributed by atoms with Gasteiger partial charge in [0.15, 0.2) is 0 Å². The maximum Gasteiger partial charge on any atom is 0.438 e.